The van der Waals surface area contributed by atoms with Crippen molar-refractivity contribution in [1.29, 1.82) is 0 Å². The van der Waals surface area contributed by atoms with Crippen molar-refractivity contribution in [2.24, 2.45) is 0 Å². The molecular weight excluding hydrogens is 442 g/mol. The van der Waals surface area contributed by atoms with Crippen LogP contribution in [-0.4, -0.2) is 69.0 Å². The fraction of sp³-hybridized carbons (Fsp3) is 0.464. The predicted octanol–water partition coefficient (Wildman–Crippen LogP) is 4.04. The number of benzene rings is 2. The number of aryl methyl sites for hydroxylation is 1. The highest BCUT2D eigenvalue weighted by Gasteiger charge is 2.24. The van der Waals surface area contributed by atoms with E-state index in [9.17, 15) is 4.79 Å². The molecule has 7 heteroatoms. The van der Waals surface area contributed by atoms with Gasteiger partial charge in [0.2, 0.25) is 5.91 Å². The average molecular weight is 480 g/mol. The molecule has 1 N–H and O–H groups in total. The number of nitrogens with zero attached hydrogens (tertiary/aromatic N) is 2. The van der Waals surface area contributed by atoms with Crippen LogP contribution < -0.4 is 14.8 Å². The second kappa shape index (κ2) is 12.1. The molecule has 1 aromatic heterocycles. The number of hydrogen-bond donors (Lipinski definition) is 1. The highest BCUT2D eigenvalue weighted by Crippen LogP contribution is 2.37. The van der Waals surface area contributed by atoms with Crippen LogP contribution in [0.15, 0.2) is 48.7 Å². The number of methoxy groups -OCH3 is 2. The number of fused-ring (bicyclic) bond motifs is 1. The van der Waals surface area contributed by atoms with E-state index in [0.717, 1.165) is 68.4 Å². The minimum atomic E-state index is -0.129. The number of amides is 1. The van der Waals surface area contributed by atoms with Gasteiger partial charge in [-0.2, -0.15) is 0 Å². The molecule has 1 aliphatic rings. The highest BCUT2D eigenvalue weighted by atomic mass is 16.5. The summed E-state index contributed by atoms with van der Waals surface area (Å²) in [6, 6.07) is 14.3. The number of para-hydroxylation sites is 1. The number of rotatable bonds is 11. The molecule has 1 saturated heterocycles. The van der Waals surface area contributed by atoms with E-state index in [1.165, 1.54) is 10.9 Å². The molecule has 4 rings (SSSR count). The van der Waals surface area contributed by atoms with Gasteiger partial charge in [0.25, 0.3) is 0 Å². The van der Waals surface area contributed by atoms with E-state index < -0.39 is 0 Å². The Hall–Kier alpha value is -3.03. The number of aromatic nitrogens is 1. The monoisotopic (exact) mass is 479 g/mol. The normalized spacial score (nSPS) is 15.2. The van der Waals surface area contributed by atoms with Crippen LogP contribution in [0.3, 0.4) is 0 Å². The first kappa shape index (κ1) is 25.1. The van der Waals surface area contributed by atoms with E-state index in [1.54, 1.807) is 14.2 Å². The first-order valence-electron chi connectivity index (χ1n) is 12.5. The van der Waals surface area contributed by atoms with E-state index in [2.05, 4.69) is 52.2 Å². The Balaban J connectivity index is 1.56. The summed E-state index contributed by atoms with van der Waals surface area (Å²) in [5.74, 6) is 1.35. The van der Waals surface area contributed by atoms with Crippen molar-refractivity contribution < 1.29 is 19.0 Å². The Morgan fingerprint density at radius 2 is 1.80 bits per heavy atom. The van der Waals surface area contributed by atoms with E-state index in [-0.39, 0.29) is 11.8 Å². The van der Waals surface area contributed by atoms with Crippen molar-refractivity contribution in [3.8, 4) is 11.5 Å². The molecule has 188 valence electrons. The quantitative estimate of drug-likeness (QED) is 0.421. The SMILES string of the molecule is CCn1cc([C@H](CC(=O)NCCCN2CCOCC2)c2cc(OC)cc(OC)c2)c2ccccc21. The predicted molar refractivity (Wildman–Crippen MR) is 139 cm³/mol. The van der Waals surface area contributed by atoms with Crippen molar-refractivity contribution in [2.45, 2.75) is 32.2 Å². The van der Waals surface area contributed by atoms with Gasteiger partial charge in [-0.05, 0) is 49.2 Å². The number of carbonyl (C=O) groups excluding carboxylic acids is 1. The molecule has 1 amide bonds. The Morgan fingerprint density at radius 3 is 2.49 bits per heavy atom. The van der Waals surface area contributed by atoms with Crippen LogP contribution >= 0.6 is 0 Å². The smallest absolute Gasteiger partial charge is 0.220 e. The lowest BCUT2D eigenvalue weighted by Gasteiger charge is -2.26. The largest absolute Gasteiger partial charge is 0.497 e. The summed E-state index contributed by atoms with van der Waals surface area (Å²) in [7, 11) is 3.30. The highest BCUT2D eigenvalue weighted by molar-refractivity contribution is 5.86. The molecule has 0 spiro atoms. The van der Waals surface area contributed by atoms with Gasteiger partial charge in [0, 0.05) is 61.7 Å². The summed E-state index contributed by atoms with van der Waals surface area (Å²) in [6.07, 6.45) is 3.47. The molecule has 1 aliphatic heterocycles. The molecule has 0 radical (unpaired) electrons. The van der Waals surface area contributed by atoms with Crippen LogP contribution in [0.25, 0.3) is 10.9 Å². The van der Waals surface area contributed by atoms with Gasteiger partial charge in [-0.25, -0.2) is 0 Å². The lowest BCUT2D eigenvalue weighted by atomic mass is 9.87. The van der Waals surface area contributed by atoms with E-state index in [1.807, 2.05) is 18.2 Å². The number of carbonyl (C=O) groups is 1. The summed E-state index contributed by atoms with van der Waals surface area (Å²) in [4.78, 5) is 15.5. The molecule has 0 aliphatic carbocycles. The fourth-order valence-electron chi connectivity index (χ4n) is 4.87. The first-order chi connectivity index (χ1) is 17.1. The van der Waals surface area contributed by atoms with Crippen molar-refractivity contribution in [2.75, 3.05) is 53.6 Å². The van der Waals surface area contributed by atoms with Gasteiger partial charge < -0.3 is 24.1 Å². The van der Waals surface area contributed by atoms with Gasteiger partial charge in [0.15, 0.2) is 0 Å². The summed E-state index contributed by atoms with van der Waals surface area (Å²) >= 11 is 0. The number of morpholine rings is 1. The number of hydrogen-bond acceptors (Lipinski definition) is 5. The molecule has 35 heavy (non-hydrogen) atoms. The van der Waals surface area contributed by atoms with Crippen LogP contribution in [-0.2, 0) is 16.1 Å². The minimum absolute atomic E-state index is 0.0482. The second-order valence-electron chi connectivity index (χ2n) is 8.95. The van der Waals surface area contributed by atoms with Gasteiger partial charge >= 0.3 is 0 Å². The summed E-state index contributed by atoms with van der Waals surface area (Å²) in [5.41, 5.74) is 3.32. The standard InChI is InChI=1S/C28H37N3O4/c1-4-31-20-26(24-8-5-6-9-27(24)31)25(21-16-22(33-2)18-23(17-21)34-3)19-28(32)29-10-7-11-30-12-14-35-15-13-30/h5-6,8-9,16-18,20,25H,4,7,10-15,19H2,1-3H3,(H,29,32)/t25-/m1/s1. The number of nitrogens with one attached hydrogen (secondary N) is 1. The third-order valence-electron chi connectivity index (χ3n) is 6.78. The lowest BCUT2D eigenvalue weighted by Crippen LogP contribution is -2.38. The molecular formula is C28H37N3O4. The molecule has 7 nitrogen and oxygen atoms in total. The van der Waals surface area contributed by atoms with Crippen molar-refractivity contribution in [3.05, 3.63) is 59.8 Å². The minimum Gasteiger partial charge on any atom is -0.497 e. The Bertz CT molecular complexity index is 1100. The molecule has 2 heterocycles. The van der Waals surface area contributed by atoms with Gasteiger partial charge in [-0.3, -0.25) is 9.69 Å². The second-order valence-corrected chi connectivity index (χ2v) is 8.95. The lowest BCUT2D eigenvalue weighted by molar-refractivity contribution is -0.121. The van der Waals surface area contributed by atoms with Crippen LogP contribution in [0, 0.1) is 0 Å². The first-order valence-corrected chi connectivity index (χ1v) is 12.5. The van der Waals surface area contributed by atoms with Gasteiger partial charge in [0.05, 0.1) is 27.4 Å². The Labute approximate surface area is 208 Å². The Kier molecular flexibility index (Phi) is 8.66. The Morgan fingerprint density at radius 1 is 1.09 bits per heavy atom. The molecule has 3 aromatic rings. The average Bonchev–Trinajstić information content (AvgIpc) is 3.28. The third-order valence-corrected chi connectivity index (χ3v) is 6.78. The maximum atomic E-state index is 13.2. The molecule has 0 bridgehead atoms. The molecule has 1 fully saturated rings. The van der Waals surface area contributed by atoms with Crippen LogP contribution in [0.2, 0.25) is 0 Å². The van der Waals surface area contributed by atoms with Crippen molar-refractivity contribution in [3.63, 3.8) is 0 Å². The molecule has 2 aromatic carbocycles. The topological polar surface area (TPSA) is 65.0 Å². The van der Waals surface area contributed by atoms with E-state index in [0.29, 0.717) is 13.0 Å². The van der Waals surface area contributed by atoms with E-state index >= 15 is 0 Å². The van der Waals surface area contributed by atoms with Gasteiger partial charge in [-0.1, -0.05) is 18.2 Å². The van der Waals surface area contributed by atoms with Crippen LogP contribution in [0.1, 0.15) is 36.8 Å². The zero-order valence-electron chi connectivity index (χ0n) is 21.1. The van der Waals surface area contributed by atoms with Crippen molar-refractivity contribution >= 4 is 16.8 Å². The van der Waals surface area contributed by atoms with Gasteiger partial charge in [0.1, 0.15) is 11.5 Å². The van der Waals surface area contributed by atoms with Crippen molar-refractivity contribution in [1.82, 2.24) is 14.8 Å². The zero-order valence-corrected chi connectivity index (χ0v) is 21.1. The molecule has 0 saturated carbocycles. The van der Waals surface area contributed by atoms with Crippen LogP contribution in [0.5, 0.6) is 11.5 Å². The maximum absolute atomic E-state index is 13.2. The van der Waals surface area contributed by atoms with Crippen LogP contribution in [0.4, 0.5) is 0 Å². The summed E-state index contributed by atoms with van der Waals surface area (Å²) in [5, 5.41) is 4.32. The number of ether oxygens (including phenoxy) is 3. The summed E-state index contributed by atoms with van der Waals surface area (Å²) in [6.45, 7) is 8.17. The molecule has 1 atom stereocenters. The van der Waals surface area contributed by atoms with E-state index in [4.69, 9.17) is 14.2 Å². The molecule has 0 unspecified atom stereocenters. The zero-order chi connectivity index (χ0) is 24.6. The maximum Gasteiger partial charge on any atom is 0.220 e. The third kappa shape index (κ3) is 6.16. The summed E-state index contributed by atoms with van der Waals surface area (Å²) < 4.78 is 18.7. The fourth-order valence-corrected chi connectivity index (χ4v) is 4.87. The van der Waals surface area contributed by atoms with Gasteiger partial charge in [-0.15, -0.1) is 0 Å².